The minimum Gasteiger partial charge on any atom is -0.0616 e. The molecular formula is C44H28. The van der Waals surface area contributed by atoms with Gasteiger partial charge in [0.25, 0.3) is 0 Å². The van der Waals surface area contributed by atoms with E-state index in [1.807, 2.05) is 0 Å². The van der Waals surface area contributed by atoms with E-state index in [1.165, 1.54) is 87.2 Å². The van der Waals surface area contributed by atoms with E-state index in [-0.39, 0.29) is 0 Å². The van der Waals surface area contributed by atoms with E-state index in [0.717, 1.165) is 0 Å². The monoisotopic (exact) mass is 556 g/mol. The Morgan fingerprint density at radius 3 is 1.39 bits per heavy atom. The molecule has 0 unspecified atom stereocenters. The van der Waals surface area contributed by atoms with E-state index in [4.69, 9.17) is 0 Å². The van der Waals surface area contributed by atoms with Crippen LogP contribution in [0.15, 0.2) is 170 Å². The first kappa shape index (κ1) is 24.8. The molecule has 0 aliphatic heterocycles. The van der Waals surface area contributed by atoms with Gasteiger partial charge in [0.2, 0.25) is 0 Å². The van der Waals surface area contributed by atoms with Gasteiger partial charge in [-0.2, -0.15) is 0 Å². The van der Waals surface area contributed by atoms with Crippen LogP contribution in [0.3, 0.4) is 0 Å². The fourth-order valence-electron chi connectivity index (χ4n) is 6.88. The van der Waals surface area contributed by atoms with Crippen LogP contribution in [0.5, 0.6) is 0 Å². The molecule has 0 heteroatoms. The summed E-state index contributed by atoms with van der Waals surface area (Å²) in [6.07, 6.45) is 0. The Bertz CT molecular complexity index is 2550. The lowest BCUT2D eigenvalue weighted by atomic mass is 9.91. The molecule has 204 valence electrons. The highest BCUT2D eigenvalue weighted by atomic mass is 14.1. The molecular weight excluding hydrogens is 528 g/mol. The molecule has 0 aliphatic carbocycles. The Kier molecular flexibility index (Phi) is 5.61. The fraction of sp³-hybridized carbons (Fsp3) is 0. The van der Waals surface area contributed by atoms with E-state index >= 15 is 0 Å². The maximum atomic E-state index is 2.34. The van der Waals surface area contributed by atoms with Crippen LogP contribution >= 0.6 is 0 Å². The van der Waals surface area contributed by atoms with Gasteiger partial charge in [-0.3, -0.25) is 0 Å². The second kappa shape index (κ2) is 9.93. The minimum absolute atomic E-state index is 1.23. The van der Waals surface area contributed by atoms with Gasteiger partial charge in [-0.25, -0.2) is 0 Å². The van der Waals surface area contributed by atoms with Crippen LogP contribution in [0.25, 0.3) is 87.2 Å². The Balaban J connectivity index is 1.12. The summed E-state index contributed by atoms with van der Waals surface area (Å²) in [4.78, 5) is 0. The molecule has 0 heterocycles. The highest BCUT2D eigenvalue weighted by molar-refractivity contribution is 6.14. The van der Waals surface area contributed by atoms with Gasteiger partial charge >= 0.3 is 0 Å². The summed E-state index contributed by atoms with van der Waals surface area (Å²) in [6, 6.07) is 62.4. The summed E-state index contributed by atoms with van der Waals surface area (Å²) >= 11 is 0. The normalized spacial score (nSPS) is 11.6. The lowest BCUT2D eigenvalue weighted by molar-refractivity contribution is 1.63. The first-order valence-corrected chi connectivity index (χ1v) is 15.2. The van der Waals surface area contributed by atoms with Crippen LogP contribution in [-0.4, -0.2) is 0 Å². The molecule has 0 atom stereocenters. The fourth-order valence-corrected chi connectivity index (χ4v) is 6.88. The Hall–Kier alpha value is -5.72. The van der Waals surface area contributed by atoms with E-state index in [1.54, 1.807) is 0 Å². The number of hydrogen-bond donors (Lipinski definition) is 0. The van der Waals surface area contributed by atoms with Crippen molar-refractivity contribution in [1.29, 1.82) is 0 Å². The van der Waals surface area contributed by atoms with Crippen molar-refractivity contribution < 1.29 is 0 Å². The van der Waals surface area contributed by atoms with Crippen LogP contribution < -0.4 is 0 Å². The van der Waals surface area contributed by atoms with Crippen molar-refractivity contribution >= 4 is 53.9 Å². The van der Waals surface area contributed by atoms with Crippen LogP contribution in [0, 0.1) is 0 Å². The van der Waals surface area contributed by atoms with Gasteiger partial charge < -0.3 is 0 Å². The molecule has 0 fully saturated rings. The standard InChI is InChI=1S/C44H28/c1-2-9-30-22-32(17-16-29(30)8-1)34-19-21-36-26-39-24-33(18-20-35(39)27-40(36)25-34)31-11-7-12-37(23-31)44-28-38-10-3-4-13-41(38)42-14-5-6-15-43(42)44/h1-28H. The molecule has 0 aliphatic rings. The number of benzene rings is 9. The molecule has 0 spiro atoms. The molecule has 9 rings (SSSR count). The number of rotatable bonds is 3. The lowest BCUT2D eigenvalue weighted by Gasteiger charge is -2.13. The van der Waals surface area contributed by atoms with Crippen LogP contribution in [0.4, 0.5) is 0 Å². The average Bonchev–Trinajstić information content (AvgIpc) is 3.09. The van der Waals surface area contributed by atoms with Gasteiger partial charge in [0.1, 0.15) is 0 Å². The highest BCUT2D eigenvalue weighted by Gasteiger charge is 2.10. The summed E-state index contributed by atoms with van der Waals surface area (Å²) in [7, 11) is 0. The van der Waals surface area contributed by atoms with Crippen LogP contribution in [0.1, 0.15) is 0 Å². The van der Waals surface area contributed by atoms with Gasteiger partial charge in [0.05, 0.1) is 0 Å². The molecule has 0 bridgehead atoms. The van der Waals surface area contributed by atoms with Crippen molar-refractivity contribution in [3.05, 3.63) is 170 Å². The molecule has 0 amide bonds. The molecule has 0 radical (unpaired) electrons. The zero-order valence-corrected chi connectivity index (χ0v) is 24.2. The highest BCUT2D eigenvalue weighted by Crippen LogP contribution is 2.37. The van der Waals surface area contributed by atoms with Crippen molar-refractivity contribution in [2.45, 2.75) is 0 Å². The van der Waals surface area contributed by atoms with Crippen LogP contribution in [-0.2, 0) is 0 Å². The maximum Gasteiger partial charge on any atom is -0.00988 e. The van der Waals surface area contributed by atoms with Gasteiger partial charge in [0, 0.05) is 0 Å². The SMILES string of the molecule is c1cc(-c2ccc3cc4cc(-c5ccc6ccccc6c5)ccc4cc3c2)cc(-c2cc3ccccc3c3ccccc23)c1. The van der Waals surface area contributed by atoms with E-state index in [9.17, 15) is 0 Å². The van der Waals surface area contributed by atoms with E-state index in [2.05, 4.69) is 170 Å². The van der Waals surface area contributed by atoms with Crippen molar-refractivity contribution in [2.24, 2.45) is 0 Å². The quantitative estimate of drug-likeness (QED) is 0.150. The van der Waals surface area contributed by atoms with Crippen molar-refractivity contribution in [3.8, 4) is 33.4 Å². The van der Waals surface area contributed by atoms with Gasteiger partial charge in [0.15, 0.2) is 0 Å². The van der Waals surface area contributed by atoms with Crippen molar-refractivity contribution in [3.63, 3.8) is 0 Å². The zero-order valence-electron chi connectivity index (χ0n) is 24.2. The molecule has 0 saturated carbocycles. The second-order valence-corrected chi connectivity index (χ2v) is 11.8. The third-order valence-electron chi connectivity index (χ3n) is 9.15. The summed E-state index contributed by atoms with van der Waals surface area (Å²) in [6.45, 7) is 0. The molecule has 9 aromatic carbocycles. The minimum atomic E-state index is 1.23. The Morgan fingerprint density at radius 2 is 0.682 bits per heavy atom. The van der Waals surface area contributed by atoms with Crippen molar-refractivity contribution in [1.82, 2.24) is 0 Å². The maximum absolute atomic E-state index is 2.34. The van der Waals surface area contributed by atoms with Gasteiger partial charge in [-0.05, 0) is 130 Å². The summed E-state index contributed by atoms with van der Waals surface area (Å²) in [5.41, 5.74) is 7.47. The number of hydrogen-bond acceptors (Lipinski definition) is 0. The smallest absolute Gasteiger partial charge is 0.00988 e. The molecule has 44 heavy (non-hydrogen) atoms. The largest absolute Gasteiger partial charge is 0.0616 e. The first-order valence-electron chi connectivity index (χ1n) is 15.2. The lowest BCUT2D eigenvalue weighted by Crippen LogP contribution is -1.86. The first-order chi connectivity index (χ1) is 21.8. The zero-order chi connectivity index (χ0) is 29.0. The molecule has 0 nitrogen and oxygen atoms in total. The molecule has 9 aromatic rings. The molecule has 0 saturated heterocycles. The van der Waals surface area contributed by atoms with Crippen LogP contribution in [0.2, 0.25) is 0 Å². The molecule has 0 aromatic heterocycles. The predicted octanol–water partition coefficient (Wildman–Crippen LogP) is 12.5. The summed E-state index contributed by atoms with van der Waals surface area (Å²) in [5.74, 6) is 0. The van der Waals surface area contributed by atoms with E-state index in [0.29, 0.717) is 0 Å². The number of fused-ring (bicyclic) bond motifs is 6. The summed E-state index contributed by atoms with van der Waals surface area (Å²) in [5, 5.41) is 12.7. The second-order valence-electron chi connectivity index (χ2n) is 11.8. The third-order valence-corrected chi connectivity index (χ3v) is 9.15. The Morgan fingerprint density at radius 1 is 0.205 bits per heavy atom. The topological polar surface area (TPSA) is 0 Å². The predicted molar refractivity (Wildman–Crippen MR) is 190 cm³/mol. The van der Waals surface area contributed by atoms with Gasteiger partial charge in [-0.1, -0.05) is 127 Å². The summed E-state index contributed by atoms with van der Waals surface area (Å²) < 4.78 is 0. The van der Waals surface area contributed by atoms with Crippen molar-refractivity contribution in [2.75, 3.05) is 0 Å². The molecule has 0 N–H and O–H groups in total. The van der Waals surface area contributed by atoms with Gasteiger partial charge in [-0.15, -0.1) is 0 Å². The Labute approximate surface area is 256 Å². The van der Waals surface area contributed by atoms with E-state index < -0.39 is 0 Å². The third kappa shape index (κ3) is 4.15. The average molecular weight is 557 g/mol.